The molecule has 0 saturated carbocycles. The molecule has 0 aromatic heterocycles. The molecule has 24 heavy (non-hydrogen) atoms. The van der Waals surface area contributed by atoms with Gasteiger partial charge in [-0.05, 0) is 41.7 Å². The minimum Gasteiger partial charge on any atom is -0.207 e. The molecule has 1 N–H and O–H groups in total. The molecule has 0 aliphatic carbocycles. The number of hydrogen-bond acceptors (Lipinski definition) is 2. The number of hydrogen-bond donors (Lipinski definition) is 1. The minimum atomic E-state index is -3.94. The van der Waals surface area contributed by atoms with Gasteiger partial charge in [-0.25, -0.2) is 21.9 Å². The van der Waals surface area contributed by atoms with Gasteiger partial charge >= 0.3 is 0 Å². The summed E-state index contributed by atoms with van der Waals surface area (Å²) in [5.74, 6) is -1.88. The third-order valence-electron chi connectivity index (χ3n) is 3.91. The molecule has 0 radical (unpaired) electrons. The average Bonchev–Trinajstić information content (AvgIpc) is 2.55. The van der Waals surface area contributed by atoms with Crippen molar-refractivity contribution in [1.29, 1.82) is 0 Å². The zero-order valence-electron chi connectivity index (χ0n) is 13.9. The molecule has 0 bridgehead atoms. The summed E-state index contributed by atoms with van der Waals surface area (Å²) >= 11 is 0. The lowest BCUT2D eigenvalue weighted by atomic mass is 9.98. The molecule has 1 atom stereocenters. The van der Waals surface area contributed by atoms with Crippen LogP contribution in [0.5, 0.6) is 0 Å². The molecular formula is C18H21F2NO2S. The molecule has 3 nitrogen and oxygen atoms in total. The van der Waals surface area contributed by atoms with Gasteiger partial charge in [-0.1, -0.05) is 45.0 Å². The summed E-state index contributed by atoms with van der Waals surface area (Å²) < 4.78 is 53.7. The highest BCUT2D eigenvalue weighted by Gasteiger charge is 2.21. The maximum Gasteiger partial charge on any atom is 0.241 e. The van der Waals surface area contributed by atoms with Crippen molar-refractivity contribution >= 4 is 10.0 Å². The van der Waals surface area contributed by atoms with Crippen LogP contribution >= 0.6 is 0 Å². The van der Waals surface area contributed by atoms with Crippen LogP contribution in [0, 0.1) is 11.6 Å². The molecule has 130 valence electrons. The van der Waals surface area contributed by atoms with Gasteiger partial charge in [0, 0.05) is 6.04 Å². The van der Waals surface area contributed by atoms with E-state index in [2.05, 4.69) is 18.6 Å². The fourth-order valence-corrected chi connectivity index (χ4v) is 3.72. The van der Waals surface area contributed by atoms with E-state index in [-0.39, 0.29) is 4.90 Å². The topological polar surface area (TPSA) is 46.2 Å². The molecule has 0 aliphatic heterocycles. The smallest absolute Gasteiger partial charge is 0.207 e. The first-order valence-corrected chi connectivity index (χ1v) is 9.30. The van der Waals surface area contributed by atoms with E-state index < -0.39 is 27.7 Å². The van der Waals surface area contributed by atoms with Crippen molar-refractivity contribution < 1.29 is 17.2 Å². The summed E-state index contributed by atoms with van der Waals surface area (Å²) in [6.45, 7) is 6.02. The summed E-state index contributed by atoms with van der Waals surface area (Å²) in [4.78, 5) is -0.293. The molecule has 2 rings (SSSR count). The van der Waals surface area contributed by atoms with Crippen molar-refractivity contribution in [3.63, 3.8) is 0 Å². The third kappa shape index (κ3) is 4.19. The molecule has 0 heterocycles. The van der Waals surface area contributed by atoms with E-state index in [9.17, 15) is 17.2 Å². The van der Waals surface area contributed by atoms with Gasteiger partial charge in [0.05, 0.1) is 4.90 Å². The van der Waals surface area contributed by atoms with Crippen LogP contribution in [0.1, 0.15) is 50.3 Å². The van der Waals surface area contributed by atoms with Crippen LogP contribution in [0.2, 0.25) is 0 Å². The fraction of sp³-hybridized carbons (Fsp3) is 0.333. The highest BCUT2D eigenvalue weighted by Crippen LogP contribution is 2.23. The number of sulfonamides is 1. The summed E-state index contributed by atoms with van der Waals surface area (Å²) in [7, 11) is -3.94. The molecular weight excluding hydrogens is 332 g/mol. The monoisotopic (exact) mass is 353 g/mol. The van der Waals surface area contributed by atoms with Crippen LogP contribution in [0.4, 0.5) is 8.78 Å². The normalized spacial score (nSPS) is 13.2. The molecule has 2 aromatic carbocycles. The van der Waals surface area contributed by atoms with Crippen LogP contribution in [-0.2, 0) is 10.0 Å². The van der Waals surface area contributed by atoms with Gasteiger partial charge in [-0.2, -0.15) is 0 Å². The summed E-state index contributed by atoms with van der Waals surface area (Å²) in [5.41, 5.74) is 1.99. The third-order valence-corrected chi connectivity index (χ3v) is 5.38. The van der Waals surface area contributed by atoms with Gasteiger partial charge in [0.15, 0.2) is 11.6 Å². The van der Waals surface area contributed by atoms with Crippen molar-refractivity contribution in [3.8, 4) is 0 Å². The number of benzene rings is 2. The van der Waals surface area contributed by atoms with Crippen molar-refractivity contribution in [2.75, 3.05) is 0 Å². The Morgan fingerprint density at radius 1 is 0.958 bits per heavy atom. The van der Waals surface area contributed by atoms with E-state index in [1.165, 1.54) is 0 Å². The highest BCUT2D eigenvalue weighted by molar-refractivity contribution is 7.89. The average molecular weight is 353 g/mol. The van der Waals surface area contributed by atoms with E-state index in [1.807, 2.05) is 31.2 Å². The standard InChI is InChI=1S/C18H21F2NO2S/c1-4-18(14-7-5-13(6-8-14)12(2)3)21-24(22,23)15-9-10-16(19)17(20)11-15/h5-12,18,21H,4H2,1-3H3. The maximum absolute atomic E-state index is 13.3. The highest BCUT2D eigenvalue weighted by atomic mass is 32.2. The predicted octanol–water partition coefficient (Wildman–Crippen LogP) is 4.52. The van der Waals surface area contributed by atoms with E-state index in [4.69, 9.17) is 0 Å². The minimum absolute atomic E-state index is 0.293. The van der Waals surface area contributed by atoms with E-state index in [0.717, 1.165) is 23.3 Å². The largest absolute Gasteiger partial charge is 0.241 e. The molecule has 2 aromatic rings. The van der Waals surface area contributed by atoms with Gasteiger partial charge in [-0.15, -0.1) is 0 Å². The zero-order chi connectivity index (χ0) is 17.9. The van der Waals surface area contributed by atoms with Gasteiger partial charge < -0.3 is 0 Å². The predicted molar refractivity (Wildman–Crippen MR) is 90.2 cm³/mol. The molecule has 6 heteroatoms. The zero-order valence-corrected chi connectivity index (χ0v) is 14.7. The Hall–Kier alpha value is -1.79. The molecule has 0 spiro atoms. The lowest BCUT2D eigenvalue weighted by molar-refractivity contribution is 0.503. The number of rotatable bonds is 6. The Labute approximate surface area is 141 Å². The van der Waals surface area contributed by atoms with E-state index in [0.29, 0.717) is 18.4 Å². The summed E-state index contributed by atoms with van der Waals surface area (Å²) in [6.07, 6.45) is 0.532. The van der Waals surface area contributed by atoms with Crippen LogP contribution in [0.15, 0.2) is 47.4 Å². The Kier molecular flexibility index (Phi) is 5.72. The van der Waals surface area contributed by atoms with Crippen LogP contribution in [-0.4, -0.2) is 8.42 Å². The van der Waals surface area contributed by atoms with E-state index >= 15 is 0 Å². The Morgan fingerprint density at radius 3 is 2.04 bits per heavy atom. The van der Waals surface area contributed by atoms with Crippen LogP contribution in [0.3, 0.4) is 0 Å². The Bertz CT molecular complexity index is 802. The van der Waals surface area contributed by atoms with Crippen molar-refractivity contribution in [1.82, 2.24) is 4.72 Å². The Balaban J connectivity index is 2.26. The lowest BCUT2D eigenvalue weighted by Gasteiger charge is -2.18. The fourth-order valence-electron chi connectivity index (χ4n) is 2.40. The first-order valence-electron chi connectivity index (χ1n) is 7.82. The first-order chi connectivity index (χ1) is 11.2. The van der Waals surface area contributed by atoms with Crippen molar-refractivity contribution in [2.45, 2.75) is 44.0 Å². The molecule has 0 amide bonds. The lowest BCUT2D eigenvalue weighted by Crippen LogP contribution is -2.28. The number of nitrogens with one attached hydrogen (secondary N) is 1. The summed E-state index contributed by atoms with van der Waals surface area (Å²) in [6, 6.07) is 9.81. The molecule has 0 fully saturated rings. The van der Waals surface area contributed by atoms with Gasteiger partial charge in [0.2, 0.25) is 10.0 Å². The van der Waals surface area contributed by atoms with Crippen molar-refractivity contribution in [2.24, 2.45) is 0 Å². The molecule has 1 unspecified atom stereocenters. The number of halogens is 2. The van der Waals surface area contributed by atoms with Crippen LogP contribution in [0.25, 0.3) is 0 Å². The van der Waals surface area contributed by atoms with E-state index in [1.54, 1.807) is 0 Å². The van der Waals surface area contributed by atoms with Crippen LogP contribution < -0.4 is 4.72 Å². The first kappa shape index (κ1) is 18.5. The van der Waals surface area contributed by atoms with Gasteiger partial charge in [-0.3, -0.25) is 0 Å². The molecule has 0 saturated heterocycles. The second kappa shape index (κ2) is 7.40. The van der Waals surface area contributed by atoms with Crippen molar-refractivity contribution in [3.05, 3.63) is 65.2 Å². The maximum atomic E-state index is 13.3. The molecule has 0 aliphatic rings. The van der Waals surface area contributed by atoms with Gasteiger partial charge in [0.1, 0.15) is 0 Å². The Morgan fingerprint density at radius 2 is 1.54 bits per heavy atom. The second-order valence-corrected chi connectivity index (χ2v) is 7.69. The summed E-state index contributed by atoms with van der Waals surface area (Å²) in [5, 5.41) is 0. The van der Waals surface area contributed by atoms with Gasteiger partial charge in [0.25, 0.3) is 0 Å². The second-order valence-electron chi connectivity index (χ2n) is 5.98. The SMILES string of the molecule is CCC(NS(=O)(=O)c1ccc(F)c(F)c1)c1ccc(C(C)C)cc1. The quantitative estimate of drug-likeness (QED) is 0.830.